The molecule has 0 rings (SSSR count). The molecule has 14 heavy (non-hydrogen) atoms. The lowest BCUT2D eigenvalue weighted by Gasteiger charge is -2.06. The van der Waals surface area contributed by atoms with E-state index in [1.54, 1.807) is 0 Å². The Bertz CT molecular complexity index is 110. The lowest BCUT2D eigenvalue weighted by atomic mass is 10.2. The van der Waals surface area contributed by atoms with Gasteiger partial charge in [0, 0.05) is 19.8 Å². The van der Waals surface area contributed by atoms with Crippen LogP contribution in [-0.4, -0.2) is 32.6 Å². The molecule has 4 nitrogen and oxygen atoms in total. The van der Waals surface area contributed by atoms with Crippen LogP contribution in [0.4, 0.5) is 0 Å². The molecule has 0 aromatic carbocycles. The van der Waals surface area contributed by atoms with Crippen molar-refractivity contribution in [3.63, 3.8) is 0 Å². The zero-order valence-electron chi connectivity index (χ0n) is 9.21. The molecule has 0 radical (unpaired) electrons. The Balaban J connectivity index is 2.85. The van der Waals surface area contributed by atoms with Gasteiger partial charge in [-0.2, -0.15) is 0 Å². The third-order valence-corrected chi connectivity index (χ3v) is 1.74. The van der Waals surface area contributed by atoms with E-state index in [1.165, 1.54) is 0 Å². The summed E-state index contributed by atoms with van der Waals surface area (Å²) in [4.78, 5) is 0. The largest absolute Gasteiger partial charge is 0.381 e. The molecule has 0 atom stereocenters. The number of hydrogen-bond acceptors (Lipinski definition) is 4. The van der Waals surface area contributed by atoms with E-state index in [2.05, 4.69) is 6.92 Å². The van der Waals surface area contributed by atoms with Crippen molar-refractivity contribution in [3.05, 3.63) is 0 Å². The standard InChI is InChI=1S/C10H24N2O2/c1-2-6-13-7-4-3-5-8-14-9-10(11)12/h10H,2-9,11-12H2,1H3. The van der Waals surface area contributed by atoms with Crippen LogP contribution in [0.5, 0.6) is 0 Å². The molecule has 0 aliphatic carbocycles. The monoisotopic (exact) mass is 204 g/mol. The van der Waals surface area contributed by atoms with E-state index in [0.717, 1.165) is 45.5 Å². The first-order valence-electron chi connectivity index (χ1n) is 5.44. The van der Waals surface area contributed by atoms with Crippen LogP contribution < -0.4 is 11.5 Å². The summed E-state index contributed by atoms with van der Waals surface area (Å²) >= 11 is 0. The molecule has 0 aliphatic heterocycles. The maximum Gasteiger partial charge on any atom is 0.0762 e. The number of nitrogens with two attached hydrogens (primary N) is 2. The van der Waals surface area contributed by atoms with Crippen LogP contribution in [0.15, 0.2) is 0 Å². The second-order valence-electron chi connectivity index (χ2n) is 3.41. The molecule has 0 aliphatic rings. The van der Waals surface area contributed by atoms with Crippen molar-refractivity contribution in [2.24, 2.45) is 11.5 Å². The Morgan fingerprint density at radius 1 is 0.929 bits per heavy atom. The van der Waals surface area contributed by atoms with Gasteiger partial charge in [0.25, 0.3) is 0 Å². The fourth-order valence-corrected chi connectivity index (χ4v) is 1.05. The summed E-state index contributed by atoms with van der Waals surface area (Å²) in [5.74, 6) is 0. The van der Waals surface area contributed by atoms with Crippen molar-refractivity contribution in [3.8, 4) is 0 Å². The maximum atomic E-state index is 5.35. The van der Waals surface area contributed by atoms with E-state index in [9.17, 15) is 0 Å². The fourth-order valence-electron chi connectivity index (χ4n) is 1.05. The van der Waals surface area contributed by atoms with E-state index >= 15 is 0 Å². The van der Waals surface area contributed by atoms with Crippen molar-refractivity contribution in [2.75, 3.05) is 26.4 Å². The highest BCUT2D eigenvalue weighted by Crippen LogP contribution is 1.96. The summed E-state index contributed by atoms with van der Waals surface area (Å²) in [5, 5.41) is 0. The molecule has 0 fully saturated rings. The lowest BCUT2D eigenvalue weighted by molar-refractivity contribution is 0.108. The highest BCUT2D eigenvalue weighted by atomic mass is 16.5. The van der Waals surface area contributed by atoms with E-state index < -0.39 is 0 Å². The van der Waals surface area contributed by atoms with E-state index in [0.29, 0.717) is 6.61 Å². The van der Waals surface area contributed by atoms with Crippen molar-refractivity contribution in [1.82, 2.24) is 0 Å². The molecule has 0 saturated carbocycles. The van der Waals surface area contributed by atoms with Crippen molar-refractivity contribution < 1.29 is 9.47 Å². The third-order valence-electron chi connectivity index (χ3n) is 1.74. The average Bonchev–Trinajstić information content (AvgIpc) is 2.15. The van der Waals surface area contributed by atoms with E-state index in [4.69, 9.17) is 20.9 Å². The summed E-state index contributed by atoms with van der Waals surface area (Å²) < 4.78 is 10.6. The summed E-state index contributed by atoms with van der Waals surface area (Å²) in [6, 6.07) is 0. The topological polar surface area (TPSA) is 70.5 Å². The number of unbranched alkanes of at least 4 members (excludes halogenated alkanes) is 2. The second kappa shape index (κ2) is 10.9. The van der Waals surface area contributed by atoms with Gasteiger partial charge >= 0.3 is 0 Å². The fraction of sp³-hybridized carbons (Fsp3) is 1.00. The van der Waals surface area contributed by atoms with Gasteiger partial charge in [0.15, 0.2) is 0 Å². The van der Waals surface area contributed by atoms with Gasteiger partial charge in [-0.15, -0.1) is 0 Å². The maximum absolute atomic E-state index is 5.35. The predicted octanol–water partition coefficient (Wildman–Crippen LogP) is 0.843. The minimum Gasteiger partial charge on any atom is -0.381 e. The van der Waals surface area contributed by atoms with Crippen LogP contribution in [0.2, 0.25) is 0 Å². The molecule has 0 heterocycles. The zero-order valence-corrected chi connectivity index (χ0v) is 9.21. The van der Waals surface area contributed by atoms with Crippen LogP contribution in [0.3, 0.4) is 0 Å². The lowest BCUT2D eigenvalue weighted by Crippen LogP contribution is -2.35. The highest BCUT2D eigenvalue weighted by Gasteiger charge is 1.94. The smallest absolute Gasteiger partial charge is 0.0762 e. The summed E-state index contributed by atoms with van der Waals surface area (Å²) in [7, 11) is 0. The SMILES string of the molecule is CCCOCCCCCOCC(N)N. The molecule has 0 saturated heterocycles. The van der Waals surface area contributed by atoms with E-state index in [1.807, 2.05) is 0 Å². The van der Waals surface area contributed by atoms with Crippen LogP contribution in [0.25, 0.3) is 0 Å². The second-order valence-corrected chi connectivity index (χ2v) is 3.41. The molecular weight excluding hydrogens is 180 g/mol. The quantitative estimate of drug-likeness (QED) is 0.409. The Labute approximate surface area is 86.9 Å². The van der Waals surface area contributed by atoms with Gasteiger partial charge in [-0.3, -0.25) is 0 Å². The molecule has 0 bridgehead atoms. The normalized spacial score (nSPS) is 11.1. The highest BCUT2D eigenvalue weighted by molar-refractivity contribution is 4.47. The van der Waals surface area contributed by atoms with Gasteiger partial charge in [0.05, 0.1) is 12.8 Å². The molecule has 0 spiro atoms. The van der Waals surface area contributed by atoms with Gasteiger partial charge < -0.3 is 20.9 Å². The first-order valence-corrected chi connectivity index (χ1v) is 5.44. The Hall–Kier alpha value is -0.160. The first kappa shape index (κ1) is 13.8. The predicted molar refractivity (Wildman–Crippen MR) is 57.9 cm³/mol. The van der Waals surface area contributed by atoms with Gasteiger partial charge in [0.1, 0.15) is 0 Å². The minimum atomic E-state index is -0.345. The number of ether oxygens (including phenoxy) is 2. The molecule has 0 aromatic rings. The van der Waals surface area contributed by atoms with Gasteiger partial charge in [0.2, 0.25) is 0 Å². The van der Waals surface area contributed by atoms with Crippen LogP contribution in [-0.2, 0) is 9.47 Å². The van der Waals surface area contributed by atoms with Gasteiger partial charge in [-0.1, -0.05) is 6.92 Å². The van der Waals surface area contributed by atoms with Crippen molar-refractivity contribution >= 4 is 0 Å². The summed E-state index contributed by atoms with van der Waals surface area (Å²) in [6.07, 6.45) is 4.06. The molecule has 0 amide bonds. The number of rotatable bonds is 10. The van der Waals surface area contributed by atoms with Crippen molar-refractivity contribution in [2.45, 2.75) is 38.8 Å². The Morgan fingerprint density at radius 2 is 1.57 bits per heavy atom. The minimum absolute atomic E-state index is 0.345. The zero-order chi connectivity index (χ0) is 10.6. The van der Waals surface area contributed by atoms with Gasteiger partial charge in [-0.05, 0) is 25.7 Å². The van der Waals surface area contributed by atoms with E-state index in [-0.39, 0.29) is 6.17 Å². The summed E-state index contributed by atoms with van der Waals surface area (Å²) in [5.41, 5.74) is 10.6. The molecule has 0 unspecified atom stereocenters. The van der Waals surface area contributed by atoms with Crippen LogP contribution in [0, 0.1) is 0 Å². The molecule has 4 N–H and O–H groups in total. The Morgan fingerprint density at radius 3 is 2.14 bits per heavy atom. The van der Waals surface area contributed by atoms with Crippen molar-refractivity contribution in [1.29, 1.82) is 0 Å². The Kier molecular flexibility index (Phi) is 10.8. The van der Waals surface area contributed by atoms with Crippen LogP contribution in [0.1, 0.15) is 32.6 Å². The summed E-state index contributed by atoms with van der Waals surface area (Å²) in [6.45, 7) is 5.05. The molecule has 4 heteroatoms. The molecule has 0 aromatic heterocycles. The average molecular weight is 204 g/mol. The number of hydrogen-bond donors (Lipinski definition) is 2. The molecule has 86 valence electrons. The van der Waals surface area contributed by atoms with Crippen LogP contribution >= 0.6 is 0 Å². The van der Waals surface area contributed by atoms with Gasteiger partial charge in [-0.25, -0.2) is 0 Å². The molecular formula is C10H24N2O2. The third kappa shape index (κ3) is 11.8. The first-order chi connectivity index (χ1) is 6.77.